The molecule has 3 nitrogen and oxygen atoms in total. The minimum absolute atomic E-state index is 0.134. The molecule has 0 amide bonds. The number of nitrogens with zero attached hydrogens (tertiary/aromatic N) is 1. The fraction of sp³-hybridized carbons (Fsp3) is 0.400. The van der Waals surface area contributed by atoms with Gasteiger partial charge in [0.15, 0.2) is 5.78 Å². The topological polar surface area (TPSA) is 31.2 Å². The van der Waals surface area contributed by atoms with Gasteiger partial charge in [0.25, 0.3) is 0 Å². The number of hydrogen-bond acceptors (Lipinski definition) is 2. The average Bonchev–Trinajstić information content (AvgIpc) is 2.63. The number of carbonyl (C=O) groups is 1. The van der Waals surface area contributed by atoms with Crippen LogP contribution in [0.1, 0.15) is 36.3 Å². The van der Waals surface area contributed by atoms with Crippen LogP contribution in [-0.4, -0.2) is 17.5 Å². The summed E-state index contributed by atoms with van der Waals surface area (Å²) in [5.74, 6) is 0.954. The van der Waals surface area contributed by atoms with Gasteiger partial charge in [-0.15, -0.1) is 0 Å². The second-order valence-electron chi connectivity index (χ2n) is 4.57. The number of methoxy groups -OCH3 is 1. The molecule has 2 aromatic rings. The van der Waals surface area contributed by atoms with Crippen molar-refractivity contribution in [3.63, 3.8) is 0 Å². The number of carbonyl (C=O) groups excluding carboxylic acids is 1. The molecule has 1 aromatic heterocycles. The van der Waals surface area contributed by atoms with Crippen molar-refractivity contribution < 1.29 is 9.53 Å². The van der Waals surface area contributed by atoms with E-state index >= 15 is 0 Å². The largest absolute Gasteiger partial charge is 0.497 e. The van der Waals surface area contributed by atoms with Crippen molar-refractivity contribution >= 4 is 16.7 Å². The van der Waals surface area contributed by atoms with Crippen molar-refractivity contribution in [2.24, 2.45) is 7.05 Å². The Morgan fingerprint density at radius 2 is 2.11 bits per heavy atom. The molecular weight excluding hydrogens is 226 g/mol. The number of hydrogen-bond donors (Lipinski definition) is 0. The zero-order valence-corrected chi connectivity index (χ0v) is 11.4. The summed E-state index contributed by atoms with van der Waals surface area (Å²) in [6.45, 7) is 3.76. The lowest BCUT2D eigenvalue weighted by atomic mass is 10.0. The normalized spacial score (nSPS) is 10.9. The molecule has 1 heterocycles. The molecular formula is C15H19NO2. The first kappa shape index (κ1) is 12.7. The zero-order valence-electron chi connectivity index (χ0n) is 11.4. The Kier molecular flexibility index (Phi) is 3.41. The lowest BCUT2D eigenvalue weighted by Crippen LogP contribution is -2.02. The third-order valence-corrected chi connectivity index (χ3v) is 3.37. The summed E-state index contributed by atoms with van der Waals surface area (Å²) in [6, 6.07) is 5.87. The summed E-state index contributed by atoms with van der Waals surface area (Å²) in [5.41, 5.74) is 3.04. The SMILES string of the molecule is CCCc1c(C(C)=O)c2ccc(OC)cc2n1C. The van der Waals surface area contributed by atoms with E-state index in [2.05, 4.69) is 11.5 Å². The van der Waals surface area contributed by atoms with E-state index in [0.29, 0.717) is 0 Å². The van der Waals surface area contributed by atoms with Crippen LogP contribution in [0.25, 0.3) is 10.9 Å². The van der Waals surface area contributed by atoms with Gasteiger partial charge in [-0.2, -0.15) is 0 Å². The minimum Gasteiger partial charge on any atom is -0.497 e. The van der Waals surface area contributed by atoms with Crippen LogP contribution in [-0.2, 0) is 13.5 Å². The second-order valence-corrected chi connectivity index (χ2v) is 4.57. The maximum absolute atomic E-state index is 11.9. The zero-order chi connectivity index (χ0) is 13.3. The molecule has 96 valence electrons. The fourth-order valence-electron chi connectivity index (χ4n) is 2.52. The molecule has 3 heteroatoms. The van der Waals surface area contributed by atoms with E-state index in [4.69, 9.17) is 4.74 Å². The molecule has 2 rings (SSSR count). The average molecular weight is 245 g/mol. The third kappa shape index (κ3) is 1.90. The molecule has 0 bridgehead atoms. The molecule has 0 unspecified atom stereocenters. The Morgan fingerprint density at radius 3 is 2.67 bits per heavy atom. The standard InChI is InChI=1S/C15H19NO2/c1-5-6-13-15(10(2)17)12-8-7-11(18-4)9-14(12)16(13)3/h7-9H,5-6H2,1-4H3. The van der Waals surface area contributed by atoms with Crippen LogP contribution < -0.4 is 4.74 Å². The second kappa shape index (κ2) is 4.84. The van der Waals surface area contributed by atoms with E-state index in [1.54, 1.807) is 14.0 Å². The van der Waals surface area contributed by atoms with Crippen molar-refractivity contribution in [3.8, 4) is 5.75 Å². The van der Waals surface area contributed by atoms with Gasteiger partial charge in [0.1, 0.15) is 5.75 Å². The highest BCUT2D eigenvalue weighted by molar-refractivity contribution is 6.08. The van der Waals surface area contributed by atoms with E-state index in [1.807, 2.05) is 25.2 Å². The van der Waals surface area contributed by atoms with Crippen molar-refractivity contribution in [2.75, 3.05) is 7.11 Å². The maximum Gasteiger partial charge on any atom is 0.162 e. The molecule has 0 spiro atoms. The number of aromatic nitrogens is 1. The number of aryl methyl sites for hydroxylation is 1. The number of benzene rings is 1. The van der Waals surface area contributed by atoms with Crippen LogP contribution in [0.3, 0.4) is 0 Å². The highest BCUT2D eigenvalue weighted by Crippen LogP contribution is 2.29. The maximum atomic E-state index is 11.9. The van der Waals surface area contributed by atoms with Gasteiger partial charge < -0.3 is 9.30 Å². The Balaban J connectivity index is 2.77. The van der Waals surface area contributed by atoms with Crippen LogP contribution in [0.5, 0.6) is 5.75 Å². The van der Waals surface area contributed by atoms with Crippen molar-refractivity contribution in [1.82, 2.24) is 4.57 Å². The van der Waals surface area contributed by atoms with Gasteiger partial charge in [0, 0.05) is 29.8 Å². The van der Waals surface area contributed by atoms with E-state index in [1.165, 1.54) is 0 Å². The fourth-order valence-corrected chi connectivity index (χ4v) is 2.52. The summed E-state index contributed by atoms with van der Waals surface area (Å²) < 4.78 is 7.36. The van der Waals surface area contributed by atoms with E-state index in [-0.39, 0.29) is 5.78 Å². The van der Waals surface area contributed by atoms with E-state index < -0.39 is 0 Å². The predicted octanol–water partition coefficient (Wildman–Crippen LogP) is 3.34. The molecule has 1 aromatic carbocycles. The summed E-state index contributed by atoms with van der Waals surface area (Å²) in [7, 11) is 3.67. The quantitative estimate of drug-likeness (QED) is 0.773. The molecule has 0 aliphatic heterocycles. The number of rotatable bonds is 4. The van der Waals surface area contributed by atoms with Crippen LogP contribution in [0.15, 0.2) is 18.2 Å². The Morgan fingerprint density at radius 1 is 1.39 bits per heavy atom. The number of ketones is 1. The highest BCUT2D eigenvalue weighted by atomic mass is 16.5. The van der Waals surface area contributed by atoms with Gasteiger partial charge in [-0.05, 0) is 25.5 Å². The van der Waals surface area contributed by atoms with Gasteiger partial charge in [-0.1, -0.05) is 13.3 Å². The first-order chi connectivity index (χ1) is 8.60. The summed E-state index contributed by atoms with van der Waals surface area (Å²) in [4.78, 5) is 11.9. The molecule has 0 aliphatic carbocycles. The van der Waals surface area contributed by atoms with Gasteiger partial charge in [-0.3, -0.25) is 4.79 Å². The summed E-state index contributed by atoms with van der Waals surface area (Å²) in [5, 5.41) is 1.02. The first-order valence-electron chi connectivity index (χ1n) is 6.26. The summed E-state index contributed by atoms with van der Waals surface area (Å²) in [6.07, 6.45) is 1.95. The van der Waals surface area contributed by atoms with Crippen LogP contribution in [0, 0.1) is 0 Å². The van der Waals surface area contributed by atoms with Crippen LogP contribution in [0.2, 0.25) is 0 Å². The molecule has 0 aliphatic rings. The Hall–Kier alpha value is -1.77. The summed E-state index contributed by atoms with van der Waals surface area (Å²) >= 11 is 0. The minimum atomic E-state index is 0.134. The number of Topliss-reactive ketones (excluding diaryl/α,β-unsaturated/α-hetero) is 1. The number of ether oxygens (including phenoxy) is 1. The van der Waals surface area contributed by atoms with Gasteiger partial charge in [0.2, 0.25) is 0 Å². The van der Waals surface area contributed by atoms with Crippen LogP contribution in [0.4, 0.5) is 0 Å². The van der Waals surface area contributed by atoms with Gasteiger partial charge >= 0.3 is 0 Å². The molecule has 0 saturated heterocycles. The van der Waals surface area contributed by atoms with Crippen molar-refractivity contribution in [1.29, 1.82) is 0 Å². The van der Waals surface area contributed by atoms with E-state index in [9.17, 15) is 4.79 Å². The van der Waals surface area contributed by atoms with Crippen LogP contribution >= 0.6 is 0 Å². The smallest absolute Gasteiger partial charge is 0.162 e. The van der Waals surface area contributed by atoms with E-state index in [0.717, 1.165) is 40.8 Å². The highest BCUT2D eigenvalue weighted by Gasteiger charge is 2.17. The monoisotopic (exact) mass is 245 g/mol. The third-order valence-electron chi connectivity index (χ3n) is 3.37. The van der Waals surface area contributed by atoms with Crippen molar-refractivity contribution in [3.05, 3.63) is 29.5 Å². The lowest BCUT2D eigenvalue weighted by Gasteiger charge is -2.04. The Labute approximate surface area is 107 Å². The molecule has 0 saturated carbocycles. The van der Waals surface area contributed by atoms with Gasteiger partial charge in [-0.25, -0.2) is 0 Å². The molecule has 0 fully saturated rings. The van der Waals surface area contributed by atoms with Gasteiger partial charge in [0.05, 0.1) is 12.6 Å². The Bertz CT molecular complexity index is 596. The lowest BCUT2D eigenvalue weighted by molar-refractivity contribution is 0.101. The van der Waals surface area contributed by atoms with Crippen molar-refractivity contribution in [2.45, 2.75) is 26.7 Å². The molecule has 0 atom stereocenters. The number of fused-ring (bicyclic) bond motifs is 1. The first-order valence-corrected chi connectivity index (χ1v) is 6.26. The molecule has 0 N–H and O–H groups in total. The molecule has 0 radical (unpaired) electrons. The predicted molar refractivity (Wildman–Crippen MR) is 73.5 cm³/mol. The molecule has 18 heavy (non-hydrogen) atoms.